The maximum absolute atomic E-state index is 2.49. The van der Waals surface area contributed by atoms with Gasteiger partial charge in [-0.3, -0.25) is 0 Å². The maximum Gasteiger partial charge on any atom is 4.00 e. The fourth-order valence-corrected chi connectivity index (χ4v) is 7.70. The van der Waals surface area contributed by atoms with Gasteiger partial charge in [0.2, 0.25) is 0 Å². The molecule has 0 amide bonds. The summed E-state index contributed by atoms with van der Waals surface area (Å²) in [5.74, 6) is 0. The monoisotopic (exact) mass is 676 g/mol. The Balaban J connectivity index is 0.00000133. The van der Waals surface area contributed by atoms with Crippen molar-refractivity contribution in [3.8, 4) is 22.3 Å². The fraction of sp³-hybridized carbons (Fsp3) is 0.111. The normalized spacial score (nSPS) is 11.1. The molecule has 0 aliphatic heterocycles. The van der Waals surface area contributed by atoms with E-state index >= 15 is 0 Å². The standard InChI is InChI=1S/C34H30Si.2CH3.Hf/c1-23-11-15-25(16-12-23)31-9-5-7-27-19-29(21-33(27)31)35(3,4)30-20-28-8-6-10-32(34(28)22-30)26-17-13-24(2)14-18-26;;;/h5-22H,1-4H3;2*1H3;/q-2;2*-1;+4. The predicted molar refractivity (Wildman–Crippen MR) is 169 cm³/mol. The minimum atomic E-state index is -1.89. The zero-order chi connectivity index (χ0) is 24.2. The molecule has 0 radical (unpaired) electrons. The molecule has 0 fully saturated rings. The summed E-state index contributed by atoms with van der Waals surface area (Å²) in [6, 6.07) is 41.1. The zero-order valence-electron chi connectivity index (χ0n) is 23.4. The van der Waals surface area contributed by atoms with Crippen molar-refractivity contribution in [2.45, 2.75) is 26.9 Å². The van der Waals surface area contributed by atoms with Crippen LogP contribution in [0.5, 0.6) is 0 Å². The van der Waals surface area contributed by atoms with Crippen LogP contribution in [0, 0.1) is 28.7 Å². The molecule has 0 heterocycles. The number of hydrogen-bond donors (Lipinski definition) is 0. The van der Waals surface area contributed by atoms with Gasteiger partial charge in [0, 0.05) is 0 Å². The van der Waals surface area contributed by atoms with Crippen LogP contribution >= 0.6 is 0 Å². The summed E-state index contributed by atoms with van der Waals surface area (Å²) in [4.78, 5) is 0. The van der Waals surface area contributed by atoms with E-state index in [0.717, 1.165) is 0 Å². The first-order valence-corrected chi connectivity index (χ1v) is 15.4. The van der Waals surface area contributed by atoms with Crippen molar-refractivity contribution in [1.82, 2.24) is 0 Å². The molecule has 188 valence electrons. The minimum Gasteiger partial charge on any atom is -0.358 e. The smallest absolute Gasteiger partial charge is 0.358 e. The maximum atomic E-state index is 2.49. The van der Waals surface area contributed by atoms with Gasteiger partial charge in [-0.1, -0.05) is 96.0 Å². The van der Waals surface area contributed by atoms with Gasteiger partial charge in [-0.05, 0) is 25.0 Å². The van der Waals surface area contributed by atoms with Crippen LogP contribution in [0.15, 0.2) is 109 Å². The third kappa shape index (κ3) is 5.22. The Morgan fingerprint density at radius 3 is 1.26 bits per heavy atom. The molecule has 0 aromatic heterocycles. The average Bonchev–Trinajstić information content (AvgIpc) is 3.50. The molecule has 0 atom stereocenters. The third-order valence-electron chi connectivity index (χ3n) is 7.67. The second kappa shape index (κ2) is 11.5. The minimum absolute atomic E-state index is 0. The number of aryl methyl sites for hydroxylation is 2. The van der Waals surface area contributed by atoms with E-state index in [-0.39, 0.29) is 40.7 Å². The molecule has 0 spiro atoms. The summed E-state index contributed by atoms with van der Waals surface area (Å²) in [5, 5.41) is 8.41. The molecule has 6 aromatic carbocycles. The molecule has 6 rings (SSSR count). The van der Waals surface area contributed by atoms with Gasteiger partial charge >= 0.3 is 25.8 Å². The van der Waals surface area contributed by atoms with Crippen molar-refractivity contribution in [3.05, 3.63) is 135 Å². The molecule has 0 nitrogen and oxygen atoms in total. The summed E-state index contributed by atoms with van der Waals surface area (Å²) in [6.45, 7) is 9.28. The van der Waals surface area contributed by atoms with Crippen LogP contribution in [0.1, 0.15) is 11.1 Å². The van der Waals surface area contributed by atoms with E-state index in [2.05, 4.69) is 136 Å². The summed E-state index contributed by atoms with van der Waals surface area (Å²) in [6.07, 6.45) is 0. The molecular formula is C36H36HfSi. The van der Waals surface area contributed by atoms with E-state index in [4.69, 9.17) is 0 Å². The Hall–Kier alpha value is -2.81. The van der Waals surface area contributed by atoms with Crippen LogP contribution in [0.4, 0.5) is 0 Å². The molecule has 38 heavy (non-hydrogen) atoms. The van der Waals surface area contributed by atoms with Gasteiger partial charge in [-0.15, -0.1) is 68.3 Å². The van der Waals surface area contributed by atoms with Gasteiger partial charge in [-0.2, -0.15) is 12.1 Å². The number of fused-ring (bicyclic) bond motifs is 2. The van der Waals surface area contributed by atoms with E-state index in [0.29, 0.717) is 0 Å². The van der Waals surface area contributed by atoms with Crippen LogP contribution in [-0.4, -0.2) is 8.07 Å². The second-order valence-corrected chi connectivity index (χ2v) is 14.9. The summed E-state index contributed by atoms with van der Waals surface area (Å²) in [7, 11) is -1.89. The van der Waals surface area contributed by atoms with Crippen molar-refractivity contribution in [1.29, 1.82) is 0 Å². The van der Waals surface area contributed by atoms with Crippen molar-refractivity contribution >= 4 is 40.0 Å². The topological polar surface area (TPSA) is 0 Å². The molecule has 0 saturated carbocycles. The first-order valence-electron chi connectivity index (χ1n) is 12.4. The Kier molecular flexibility index (Phi) is 9.01. The summed E-state index contributed by atoms with van der Waals surface area (Å²) in [5.41, 5.74) is 7.83. The van der Waals surface area contributed by atoms with Gasteiger partial charge < -0.3 is 14.9 Å². The first-order chi connectivity index (χ1) is 16.9. The van der Waals surface area contributed by atoms with Gasteiger partial charge in [0.1, 0.15) is 0 Å². The van der Waals surface area contributed by atoms with Crippen molar-refractivity contribution < 1.29 is 25.8 Å². The molecule has 0 saturated heterocycles. The molecule has 6 aromatic rings. The van der Waals surface area contributed by atoms with E-state index in [1.807, 2.05) is 0 Å². The van der Waals surface area contributed by atoms with Crippen LogP contribution < -0.4 is 10.4 Å². The van der Waals surface area contributed by atoms with Gasteiger partial charge in [0.25, 0.3) is 0 Å². The average molecular weight is 675 g/mol. The quantitative estimate of drug-likeness (QED) is 0.129. The molecule has 0 N–H and O–H groups in total. The zero-order valence-corrected chi connectivity index (χ0v) is 28.0. The predicted octanol–water partition coefficient (Wildman–Crippen LogP) is 9.10. The van der Waals surface area contributed by atoms with E-state index < -0.39 is 8.07 Å². The second-order valence-electron chi connectivity index (χ2n) is 10.5. The van der Waals surface area contributed by atoms with Crippen molar-refractivity contribution in [3.63, 3.8) is 0 Å². The van der Waals surface area contributed by atoms with E-state index in [9.17, 15) is 0 Å². The molecule has 0 unspecified atom stereocenters. The number of rotatable bonds is 4. The first kappa shape index (κ1) is 29.7. The van der Waals surface area contributed by atoms with Crippen LogP contribution in [0.25, 0.3) is 43.8 Å². The van der Waals surface area contributed by atoms with Crippen LogP contribution in [0.2, 0.25) is 13.1 Å². The van der Waals surface area contributed by atoms with Gasteiger partial charge in [-0.25, -0.2) is 0 Å². The molecular weight excluding hydrogens is 639 g/mol. The largest absolute Gasteiger partial charge is 4.00 e. The number of hydrogen-bond acceptors (Lipinski definition) is 0. The molecule has 0 aliphatic carbocycles. The molecule has 0 bridgehead atoms. The summed E-state index contributed by atoms with van der Waals surface area (Å²) < 4.78 is 0. The number of benzene rings is 4. The Labute approximate surface area is 248 Å². The van der Waals surface area contributed by atoms with Gasteiger partial charge in [0.15, 0.2) is 0 Å². The fourth-order valence-electron chi connectivity index (χ4n) is 5.33. The van der Waals surface area contributed by atoms with E-state index in [1.165, 1.54) is 65.3 Å². The van der Waals surface area contributed by atoms with Crippen LogP contribution in [0.3, 0.4) is 0 Å². The Morgan fingerprint density at radius 1 is 0.526 bits per heavy atom. The Bertz CT molecular complexity index is 1540. The van der Waals surface area contributed by atoms with E-state index in [1.54, 1.807) is 0 Å². The van der Waals surface area contributed by atoms with Crippen molar-refractivity contribution in [2.24, 2.45) is 0 Å². The molecule has 2 heteroatoms. The summed E-state index contributed by atoms with van der Waals surface area (Å²) >= 11 is 0. The molecule has 0 aliphatic rings. The Morgan fingerprint density at radius 2 is 0.895 bits per heavy atom. The van der Waals surface area contributed by atoms with Crippen LogP contribution in [-0.2, 0) is 25.8 Å². The van der Waals surface area contributed by atoms with Crippen molar-refractivity contribution in [2.75, 3.05) is 0 Å². The third-order valence-corrected chi connectivity index (χ3v) is 11.1. The SMILES string of the molecule is Cc1ccc(-c2cccc3[cH-]c([Si](C)(C)c4cc5c(-c6ccc(C)cc6)cccc5[cH-]4)cc23)cc1.[CH3-].[CH3-].[Hf+4]. The van der Waals surface area contributed by atoms with Gasteiger partial charge in [0.05, 0.1) is 8.07 Å².